The van der Waals surface area contributed by atoms with Crippen molar-refractivity contribution in [3.05, 3.63) is 24.3 Å². The number of likely N-dealkylation sites (N-methyl/N-ethyl adjacent to an activating group) is 1. The van der Waals surface area contributed by atoms with Gasteiger partial charge in [-0.25, -0.2) is 0 Å². The molecular formula is C20H32N4O. The monoisotopic (exact) mass is 344 g/mol. The summed E-state index contributed by atoms with van der Waals surface area (Å²) in [4.78, 5) is 19.2. The largest absolute Gasteiger partial charge is 0.385 e. The van der Waals surface area contributed by atoms with Gasteiger partial charge in [0.15, 0.2) is 0 Å². The molecule has 1 N–H and O–H groups in total. The zero-order valence-corrected chi connectivity index (χ0v) is 15.5. The topological polar surface area (TPSA) is 38.8 Å². The molecule has 1 aromatic rings. The summed E-state index contributed by atoms with van der Waals surface area (Å²) >= 11 is 0. The van der Waals surface area contributed by atoms with Gasteiger partial charge in [0.25, 0.3) is 0 Å². The maximum atomic E-state index is 12.3. The average molecular weight is 345 g/mol. The van der Waals surface area contributed by atoms with Crippen molar-refractivity contribution in [2.75, 3.05) is 63.1 Å². The lowest BCUT2D eigenvalue weighted by Crippen LogP contribution is -2.44. The van der Waals surface area contributed by atoms with Gasteiger partial charge in [-0.15, -0.1) is 0 Å². The first-order valence-corrected chi connectivity index (χ1v) is 9.77. The molecule has 138 valence electrons. The van der Waals surface area contributed by atoms with Crippen molar-refractivity contribution >= 4 is 17.3 Å². The van der Waals surface area contributed by atoms with Crippen LogP contribution in [0.4, 0.5) is 11.4 Å². The van der Waals surface area contributed by atoms with Gasteiger partial charge >= 0.3 is 0 Å². The molecule has 0 bridgehead atoms. The summed E-state index contributed by atoms with van der Waals surface area (Å²) in [5.74, 6) is 0.295. The summed E-state index contributed by atoms with van der Waals surface area (Å²) in [5.41, 5.74) is 2.39. The highest BCUT2D eigenvalue weighted by Gasteiger charge is 2.15. The van der Waals surface area contributed by atoms with Crippen LogP contribution in [-0.4, -0.2) is 68.6 Å². The van der Waals surface area contributed by atoms with E-state index in [0.717, 1.165) is 57.8 Å². The minimum absolute atomic E-state index is 0.295. The molecule has 0 radical (unpaired) electrons. The van der Waals surface area contributed by atoms with E-state index in [4.69, 9.17) is 0 Å². The molecule has 3 rings (SSSR count). The fourth-order valence-corrected chi connectivity index (χ4v) is 3.65. The lowest BCUT2D eigenvalue weighted by Gasteiger charge is -2.34. The van der Waals surface area contributed by atoms with Crippen molar-refractivity contribution in [2.24, 2.45) is 0 Å². The molecule has 0 aromatic heterocycles. The third-order valence-electron chi connectivity index (χ3n) is 5.36. The number of benzene rings is 1. The summed E-state index contributed by atoms with van der Waals surface area (Å²) in [5, 5.41) is 3.39. The van der Waals surface area contributed by atoms with Crippen molar-refractivity contribution in [3.63, 3.8) is 0 Å². The maximum absolute atomic E-state index is 12.3. The van der Waals surface area contributed by atoms with Crippen molar-refractivity contribution in [1.82, 2.24) is 9.80 Å². The lowest BCUT2D eigenvalue weighted by atomic mass is 10.2. The minimum Gasteiger partial charge on any atom is -0.385 e. The number of likely N-dealkylation sites (tertiary alicyclic amines) is 1. The fourth-order valence-electron chi connectivity index (χ4n) is 3.65. The SMILES string of the molecule is CN1CCN(c2ccc(NCCC(=O)N3CCCCCC3)cc2)CC1. The highest BCUT2D eigenvalue weighted by Crippen LogP contribution is 2.19. The van der Waals surface area contributed by atoms with Crippen LogP contribution >= 0.6 is 0 Å². The van der Waals surface area contributed by atoms with E-state index in [1.54, 1.807) is 0 Å². The Bertz CT molecular complexity index is 529. The Morgan fingerprint density at radius 1 is 0.920 bits per heavy atom. The van der Waals surface area contributed by atoms with Crippen LogP contribution in [0.1, 0.15) is 32.1 Å². The zero-order valence-electron chi connectivity index (χ0n) is 15.5. The lowest BCUT2D eigenvalue weighted by molar-refractivity contribution is -0.130. The summed E-state index contributed by atoms with van der Waals surface area (Å²) in [6.45, 7) is 7.03. The van der Waals surface area contributed by atoms with Gasteiger partial charge < -0.3 is 20.0 Å². The summed E-state index contributed by atoms with van der Waals surface area (Å²) in [6, 6.07) is 8.63. The number of rotatable bonds is 5. The standard InChI is InChI=1S/C20H32N4O/c1-22-14-16-23(17-15-22)19-8-6-18(7-9-19)21-11-10-20(25)24-12-4-2-3-5-13-24/h6-9,21H,2-5,10-17H2,1H3. The number of anilines is 2. The van der Waals surface area contributed by atoms with Gasteiger partial charge in [-0.3, -0.25) is 4.79 Å². The summed E-state index contributed by atoms with van der Waals surface area (Å²) < 4.78 is 0. The summed E-state index contributed by atoms with van der Waals surface area (Å²) in [6.07, 6.45) is 5.43. The van der Waals surface area contributed by atoms with Crippen molar-refractivity contribution < 1.29 is 4.79 Å². The number of nitrogens with zero attached hydrogens (tertiary/aromatic N) is 3. The highest BCUT2D eigenvalue weighted by atomic mass is 16.2. The number of nitrogens with one attached hydrogen (secondary N) is 1. The Kier molecular flexibility index (Phi) is 6.56. The first kappa shape index (κ1) is 18.1. The Hall–Kier alpha value is -1.75. The zero-order chi connectivity index (χ0) is 17.5. The van der Waals surface area contributed by atoms with E-state index in [2.05, 4.69) is 46.4 Å². The van der Waals surface area contributed by atoms with Gasteiger partial charge in [0, 0.05) is 63.6 Å². The van der Waals surface area contributed by atoms with Gasteiger partial charge in [-0.05, 0) is 44.2 Å². The van der Waals surface area contributed by atoms with Crippen LogP contribution in [0.25, 0.3) is 0 Å². The predicted octanol–water partition coefficient (Wildman–Crippen LogP) is 2.64. The Morgan fingerprint density at radius 3 is 2.20 bits per heavy atom. The van der Waals surface area contributed by atoms with E-state index in [0.29, 0.717) is 18.9 Å². The van der Waals surface area contributed by atoms with E-state index in [-0.39, 0.29) is 0 Å². The number of piperazine rings is 1. The van der Waals surface area contributed by atoms with Crippen LogP contribution in [0.2, 0.25) is 0 Å². The molecule has 0 atom stereocenters. The molecule has 1 aromatic carbocycles. The van der Waals surface area contributed by atoms with Crippen LogP contribution in [0, 0.1) is 0 Å². The molecule has 25 heavy (non-hydrogen) atoms. The van der Waals surface area contributed by atoms with Crippen molar-refractivity contribution in [1.29, 1.82) is 0 Å². The highest BCUT2D eigenvalue weighted by molar-refractivity contribution is 5.76. The van der Waals surface area contributed by atoms with Crippen LogP contribution in [-0.2, 0) is 4.79 Å². The molecule has 1 amide bonds. The van der Waals surface area contributed by atoms with Crippen LogP contribution in [0.3, 0.4) is 0 Å². The smallest absolute Gasteiger partial charge is 0.224 e. The molecule has 2 heterocycles. The molecule has 2 aliphatic rings. The minimum atomic E-state index is 0.295. The molecule has 0 spiro atoms. The second-order valence-corrected chi connectivity index (χ2v) is 7.31. The van der Waals surface area contributed by atoms with Gasteiger partial charge in [0.1, 0.15) is 0 Å². The van der Waals surface area contributed by atoms with Gasteiger partial charge in [-0.2, -0.15) is 0 Å². The van der Waals surface area contributed by atoms with Gasteiger partial charge in [-0.1, -0.05) is 12.8 Å². The first-order valence-electron chi connectivity index (χ1n) is 9.77. The van der Waals surface area contributed by atoms with Crippen LogP contribution < -0.4 is 10.2 Å². The molecule has 0 aliphatic carbocycles. The molecule has 2 fully saturated rings. The number of hydrogen-bond donors (Lipinski definition) is 1. The third kappa shape index (κ3) is 5.36. The van der Waals surface area contributed by atoms with Gasteiger partial charge in [0.05, 0.1) is 0 Å². The molecule has 0 unspecified atom stereocenters. The Balaban J connectivity index is 1.41. The predicted molar refractivity (Wildman–Crippen MR) is 104 cm³/mol. The molecular weight excluding hydrogens is 312 g/mol. The second-order valence-electron chi connectivity index (χ2n) is 7.31. The van der Waals surface area contributed by atoms with Crippen LogP contribution in [0.15, 0.2) is 24.3 Å². The molecule has 0 saturated carbocycles. The number of carbonyl (C=O) groups is 1. The normalized spacial score (nSPS) is 19.6. The number of hydrogen-bond acceptors (Lipinski definition) is 4. The van der Waals surface area contributed by atoms with Gasteiger partial charge in [0.2, 0.25) is 5.91 Å². The van der Waals surface area contributed by atoms with E-state index < -0.39 is 0 Å². The van der Waals surface area contributed by atoms with Crippen LogP contribution in [0.5, 0.6) is 0 Å². The fraction of sp³-hybridized carbons (Fsp3) is 0.650. The molecule has 5 nitrogen and oxygen atoms in total. The first-order chi connectivity index (χ1) is 12.2. The summed E-state index contributed by atoms with van der Waals surface area (Å²) in [7, 11) is 2.18. The Morgan fingerprint density at radius 2 is 1.56 bits per heavy atom. The molecule has 2 saturated heterocycles. The Labute approximate surface area is 152 Å². The second kappa shape index (κ2) is 9.09. The van der Waals surface area contributed by atoms with E-state index >= 15 is 0 Å². The average Bonchev–Trinajstić information content (AvgIpc) is 2.92. The van der Waals surface area contributed by atoms with E-state index in [1.807, 2.05) is 4.90 Å². The maximum Gasteiger partial charge on any atom is 0.224 e. The third-order valence-corrected chi connectivity index (χ3v) is 5.36. The van der Waals surface area contributed by atoms with Crippen molar-refractivity contribution in [2.45, 2.75) is 32.1 Å². The van der Waals surface area contributed by atoms with E-state index in [1.165, 1.54) is 18.5 Å². The quantitative estimate of drug-likeness (QED) is 0.891. The molecule has 2 aliphatic heterocycles. The molecule has 5 heteroatoms. The van der Waals surface area contributed by atoms with E-state index in [9.17, 15) is 4.79 Å². The van der Waals surface area contributed by atoms with Crippen molar-refractivity contribution in [3.8, 4) is 0 Å². The number of amides is 1. The number of carbonyl (C=O) groups excluding carboxylic acids is 1.